The second-order valence-electron chi connectivity index (χ2n) is 6.81. The summed E-state index contributed by atoms with van der Waals surface area (Å²) in [6.45, 7) is 1.32. The first-order valence-corrected chi connectivity index (χ1v) is 9.38. The van der Waals surface area contributed by atoms with Crippen LogP contribution >= 0.6 is 0 Å². The molecule has 1 N–H and O–H groups in total. The Morgan fingerprint density at radius 2 is 1.82 bits per heavy atom. The van der Waals surface area contributed by atoms with Crippen LogP contribution in [0.4, 0.5) is 0 Å². The summed E-state index contributed by atoms with van der Waals surface area (Å²) in [7, 11) is 3.23. The molecule has 1 fully saturated rings. The van der Waals surface area contributed by atoms with Gasteiger partial charge in [0, 0.05) is 26.6 Å². The number of rotatable bonds is 8. The van der Waals surface area contributed by atoms with Crippen LogP contribution in [0.15, 0.2) is 54.6 Å². The minimum absolute atomic E-state index is 0.0181. The average Bonchev–Trinajstić information content (AvgIpc) is 3.07. The molecule has 6 nitrogen and oxygen atoms in total. The van der Waals surface area contributed by atoms with Gasteiger partial charge in [-0.2, -0.15) is 0 Å². The van der Waals surface area contributed by atoms with E-state index in [1.165, 1.54) is 0 Å². The first-order valence-electron chi connectivity index (χ1n) is 9.38. The van der Waals surface area contributed by atoms with Crippen LogP contribution in [0.2, 0.25) is 0 Å². The maximum Gasteiger partial charge on any atom is 0.226 e. The molecule has 0 aromatic heterocycles. The van der Waals surface area contributed by atoms with E-state index in [0.29, 0.717) is 19.7 Å². The van der Waals surface area contributed by atoms with E-state index < -0.39 is 5.92 Å². The molecule has 1 aliphatic heterocycles. The zero-order chi connectivity index (χ0) is 19.9. The van der Waals surface area contributed by atoms with Crippen LogP contribution in [0, 0.1) is 5.92 Å². The lowest BCUT2D eigenvalue weighted by Crippen LogP contribution is -2.36. The maximum absolute atomic E-state index is 12.9. The molecule has 28 heavy (non-hydrogen) atoms. The van der Waals surface area contributed by atoms with Crippen LogP contribution in [0.25, 0.3) is 0 Å². The number of methoxy groups -OCH3 is 2. The maximum atomic E-state index is 12.9. The van der Waals surface area contributed by atoms with E-state index >= 15 is 0 Å². The predicted molar refractivity (Wildman–Crippen MR) is 106 cm³/mol. The molecule has 0 saturated carbocycles. The third-order valence-corrected chi connectivity index (χ3v) is 5.07. The van der Waals surface area contributed by atoms with Gasteiger partial charge in [0.2, 0.25) is 11.8 Å². The van der Waals surface area contributed by atoms with Crippen molar-refractivity contribution in [2.75, 3.05) is 27.4 Å². The largest absolute Gasteiger partial charge is 0.497 e. The highest BCUT2D eigenvalue weighted by molar-refractivity contribution is 5.90. The Bertz CT molecular complexity index is 792. The van der Waals surface area contributed by atoms with E-state index in [1.807, 2.05) is 54.6 Å². The zero-order valence-electron chi connectivity index (χ0n) is 16.3. The van der Waals surface area contributed by atoms with Gasteiger partial charge in [0.25, 0.3) is 0 Å². The van der Waals surface area contributed by atoms with Crippen molar-refractivity contribution < 1.29 is 19.1 Å². The number of hydrogen-bond acceptors (Lipinski definition) is 4. The highest BCUT2D eigenvalue weighted by Crippen LogP contribution is 2.38. The van der Waals surface area contributed by atoms with Gasteiger partial charge < -0.3 is 19.7 Å². The summed E-state index contributed by atoms with van der Waals surface area (Å²) in [6.07, 6.45) is 0.206. The smallest absolute Gasteiger partial charge is 0.226 e. The first kappa shape index (κ1) is 19.9. The van der Waals surface area contributed by atoms with Crippen molar-refractivity contribution in [2.24, 2.45) is 5.92 Å². The van der Waals surface area contributed by atoms with Crippen LogP contribution in [0.1, 0.15) is 23.6 Å². The van der Waals surface area contributed by atoms with Gasteiger partial charge in [0.05, 0.1) is 25.7 Å². The summed E-state index contributed by atoms with van der Waals surface area (Å²) in [5.41, 5.74) is 1.94. The summed E-state index contributed by atoms with van der Waals surface area (Å²) in [4.78, 5) is 27.3. The molecule has 3 rings (SSSR count). The number of carbonyl (C=O) groups is 2. The molecule has 0 bridgehead atoms. The molecule has 148 valence electrons. The highest BCUT2D eigenvalue weighted by Gasteiger charge is 2.44. The minimum Gasteiger partial charge on any atom is -0.497 e. The van der Waals surface area contributed by atoms with E-state index in [2.05, 4.69) is 5.32 Å². The fraction of sp³-hybridized carbons (Fsp3) is 0.364. The zero-order valence-corrected chi connectivity index (χ0v) is 16.3. The van der Waals surface area contributed by atoms with Gasteiger partial charge in [0.1, 0.15) is 5.75 Å². The average molecular weight is 382 g/mol. The molecule has 1 heterocycles. The lowest BCUT2D eigenvalue weighted by Gasteiger charge is -2.28. The van der Waals surface area contributed by atoms with Gasteiger partial charge in [-0.1, -0.05) is 42.5 Å². The quantitative estimate of drug-likeness (QED) is 0.762. The molecule has 0 radical (unpaired) electrons. The van der Waals surface area contributed by atoms with E-state index in [-0.39, 0.29) is 24.3 Å². The van der Waals surface area contributed by atoms with Gasteiger partial charge in [0.15, 0.2) is 0 Å². The lowest BCUT2D eigenvalue weighted by atomic mass is 9.92. The number of nitrogens with one attached hydrogen (secondary N) is 1. The van der Waals surface area contributed by atoms with Crippen LogP contribution < -0.4 is 10.1 Å². The van der Waals surface area contributed by atoms with Crippen molar-refractivity contribution in [3.63, 3.8) is 0 Å². The Morgan fingerprint density at radius 1 is 1.11 bits per heavy atom. The van der Waals surface area contributed by atoms with E-state index in [9.17, 15) is 9.59 Å². The Kier molecular flexibility index (Phi) is 6.66. The fourth-order valence-electron chi connectivity index (χ4n) is 3.60. The van der Waals surface area contributed by atoms with Gasteiger partial charge in [-0.05, 0) is 23.3 Å². The van der Waals surface area contributed by atoms with Crippen LogP contribution in [0.5, 0.6) is 5.75 Å². The summed E-state index contributed by atoms with van der Waals surface area (Å²) in [6, 6.07) is 17.0. The van der Waals surface area contributed by atoms with Crippen molar-refractivity contribution in [3.05, 3.63) is 65.7 Å². The number of hydrogen-bond donors (Lipinski definition) is 1. The van der Waals surface area contributed by atoms with Crippen molar-refractivity contribution in [3.8, 4) is 5.75 Å². The molecule has 2 amide bonds. The molecule has 2 atom stereocenters. The molecule has 2 aromatic carbocycles. The highest BCUT2D eigenvalue weighted by atomic mass is 16.5. The predicted octanol–water partition coefficient (Wildman–Crippen LogP) is 2.55. The molecule has 2 aromatic rings. The normalized spacial score (nSPS) is 18.9. The second-order valence-corrected chi connectivity index (χ2v) is 6.81. The summed E-state index contributed by atoms with van der Waals surface area (Å²) in [5.74, 6) is 0.216. The number of ether oxygens (including phenoxy) is 2. The molecule has 1 saturated heterocycles. The van der Waals surface area contributed by atoms with Crippen molar-refractivity contribution >= 4 is 11.8 Å². The summed E-state index contributed by atoms with van der Waals surface area (Å²) < 4.78 is 10.3. The Morgan fingerprint density at radius 3 is 2.46 bits per heavy atom. The van der Waals surface area contributed by atoms with Crippen LogP contribution in [-0.4, -0.2) is 44.1 Å². The van der Waals surface area contributed by atoms with Crippen LogP contribution in [-0.2, 0) is 20.9 Å². The Hall–Kier alpha value is -2.86. The molecule has 0 spiro atoms. The molecule has 0 aliphatic carbocycles. The number of nitrogens with zero attached hydrogens (tertiary/aromatic N) is 1. The number of amides is 2. The van der Waals surface area contributed by atoms with Crippen molar-refractivity contribution in [1.82, 2.24) is 10.2 Å². The second kappa shape index (κ2) is 9.37. The van der Waals surface area contributed by atoms with Gasteiger partial charge in [-0.3, -0.25) is 9.59 Å². The van der Waals surface area contributed by atoms with Gasteiger partial charge in [-0.25, -0.2) is 0 Å². The van der Waals surface area contributed by atoms with Crippen molar-refractivity contribution in [1.29, 1.82) is 0 Å². The summed E-state index contributed by atoms with van der Waals surface area (Å²) in [5, 5.41) is 2.99. The monoisotopic (exact) mass is 382 g/mol. The van der Waals surface area contributed by atoms with Crippen molar-refractivity contribution in [2.45, 2.75) is 19.0 Å². The van der Waals surface area contributed by atoms with E-state index in [0.717, 1.165) is 16.9 Å². The van der Waals surface area contributed by atoms with Gasteiger partial charge in [-0.15, -0.1) is 0 Å². The molecular weight excluding hydrogens is 356 g/mol. The number of benzene rings is 2. The fourth-order valence-corrected chi connectivity index (χ4v) is 3.60. The standard InChI is InChI=1S/C22H26N2O4/c1-27-13-12-24-20(25)14-19(21(24)17-6-4-3-5-7-17)22(26)23-15-16-8-10-18(28-2)11-9-16/h3-11,19,21H,12-15H2,1-2H3,(H,23,26)/t19-,21+/m1/s1. The molecule has 0 unspecified atom stereocenters. The Labute approximate surface area is 165 Å². The molecule has 1 aliphatic rings. The Balaban J connectivity index is 1.73. The third-order valence-electron chi connectivity index (χ3n) is 5.07. The molecular formula is C22H26N2O4. The topological polar surface area (TPSA) is 67.9 Å². The summed E-state index contributed by atoms with van der Waals surface area (Å²) >= 11 is 0. The minimum atomic E-state index is -0.426. The molecule has 6 heteroatoms. The van der Waals surface area contributed by atoms with E-state index in [4.69, 9.17) is 9.47 Å². The van der Waals surface area contributed by atoms with Gasteiger partial charge >= 0.3 is 0 Å². The van der Waals surface area contributed by atoms with E-state index in [1.54, 1.807) is 19.1 Å². The van der Waals surface area contributed by atoms with Crippen LogP contribution in [0.3, 0.4) is 0 Å². The number of carbonyl (C=O) groups excluding carboxylic acids is 2. The SMILES string of the molecule is COCCN1C(=O)C[C@@H](C(=O)NCc2ccc(OC)cc2)[C@@H]1c1ccccc1. The number of likely N-dealkylation sites (tertiary alicyclic amines) is 1. The third kappa shape index (κ3) is 4.51. The lowest BCUT2D eigenvalue weighted by molar-refractivity contribution is -0.129. The first-order chi connectivity index (χ1) is 13.6.